The molecule has 3 unspecified atom stereocenters. The van der Waals surface area contributed by atoms with Crippen molar-refractivity contribution in [3.05, 3.63) is 0 Å². The molecule has 0 aliphatic rings. The Morgan fingerprint density at radius 2 is 1.02 bits per heavy atom. The largest absolute Gasteiger partial charge is 0.465 e. The normalized spacial score (nSPS) is 14.2. The van der Waals surface area contributed by atoms with Crippen molar-refractivity contribution in [1.82, 2.24) is 4.90 Å². The first-order chi connectivity index (χ1) is 20.8. The van der Waals surface area contributed by atoms with Crippen molar-refractivity contribution in [1.29, 1.82) is 0 Å². The number of amides is 1. The number of nitrogens with zero attached hydrogens (tertiary/aromatic N) is 1. The smallest absolute Gasteiger partial charge is 0.459 e. The van der Waals surface area contributed by atoms with E-state index in [1.807, 2.05) is 0 Å². The van der Waals surface area contributed by atoms with E-state index in [-0.39, 0.29) is 44.6 Å². The number of ether oxygens (including phenoxy) is 2. The molecule has 0 aliphatic heterocycles. The Hall–Kier alpha value is -2.78. The van der Waals surface area contributed by atoms with Crippen molar-refractivity contribution in [2.45, 2.75) is 132 Å². The number of carbonyl (C=O) groups is 3. The predicted octanol–water partition coefficient (Wildman–Crippen LogP) is 11.1. The van der Waals surface area contributed by atoms with E-state index < -0.39 is 123 Å². The number of halogens is 17. The predicted molar refractivity (Wildman–Crippen MR) is 163 cm³/mol. The zero-order valence-corrected chi connectivity index (χ0v) is 24.5. The number of esters is 2. The second kappa shape index (κ2) is 22.6. The van der Waals surface area contributed by atoms with Gasteiger partial charge in [-0.15, -0.1) is 0 Å². The Labute approximate surface area is 299 Å². The molecule has 1 amide bonds. The highest BCUT2D eigenvalue weighted by Gasteiger charge is 2.83. The fourth-order valence-electron chi connectivity index (χ4n) is 3.74. The summed E-state index contributed by atoms with van der Waals surface area (Å²) in [5.41, 5.74) is 0. The molecule has 0 aliphatic carbocycles. The molecule has 0 radical (unpaired) electrons. The van der Waals surface area contributed by atoms with Crippen LogP contribution in [0.4, 0.5) is 74.6 Å². The molecule has 0 aromatic heterocycles. The van der Waals surface area contributed by atoms with Gasteiger partial charge in [0.25, 0.3) is 0 Å². The SMILES string of the molecule is C.C.C.C.C.C.CCC(CC(CC(C)C(=O)N(C)C)C(=O)OCCC(F)(F)C(F)(F)C(F)(F)F)C(=O)OCC(F)(F)C(F)(F)C(F)(F)C(F)(F)C(F)F. The van der Waals surface area contributed by atoms with E-state index >= 15 is 0 Å². The quantitative estimate of drug-likeness (QED) is 0.102. The first-order valence-electron chi connectivity index (χ1n) is 12.9. The second-order valence-corrected chi connectivity index (χ2v) is 10.5. The van der Waals surface area contributed by atoms with Gasteiger partial charge >= 0.3 is 60.1 Å². The van der Waals surface area contributed by atoms with Crippen LogP contribution in [0.2, 0.25) is 0 Å². The highest BCUT2D eigenvalue weighted by atomic mass is 19.4. The van der Waals surface area contributed by atoms with Gasteiger partial charge in [0.1, 0.15) is 0 Å². The van der Waals surface area contributed by atoms with Gasteiger partial charge in [-0.1, -0.05) is 58.4 Å². The monoisotopic (exact) mass is 829 g/mol. The third-order valence-electron chi connectivity index (χ3n) is 6.65. The third-order valence-corrected chi connectivity index (χ3v) is 6.65. The maximum atomic E-state index is 14.0. The van der Waals surface area contributed by atoms with E-state index in [0.717, 1.165) is 18.7 Å². The molecule has 0 saturated carbocycles. The van der Waals surface area contributed by atoms with E-state index in [2.05, 4.69) is 9.47 Å². The molecule has 23 heteroatoms. The molecule has 3 atom stereocenters. The molecule has 0 heterocycles. The van der Waals surface area contributed by atoms with Crippen LogP contribution in [-0.2, 0) is 23.9 Å². The van der Waals surface area contributed by atoms with Crippen molar-refractivity contribution in [3.63, 3.8) is 0 Å². The van der Waals surface area contributed by atoms with E-state index in [0.29, 0.717) is 0 Å². The maximum absolute atomic E-state index is 14.0. The van der Waals surface area contributed by atoms with Crippen LogP contribution in [0.3, 0.4) is 0 Å². The average molecular weight is 830 g/mol. The minimum absolute atomic E-state index is 0. The Morgan fingerprint density at radius 3 is 1.38 bits per heavy atom. The first kappa shape index (κ1) is 65.1. The first-order valence-corrected chi connectivity index (χ1v) is 12.9. The summed E-state index contributed by atoms with van der Waals surface area (Å²) in [7, 11) is 2.41. The Kier molecular flexibility index (Phi) is 27.7. The van der Waals surface area contributed by atoms with Gasteiger partial charge in [0.2, 0.25) is 5.91 Å². The Morgan fingerprint density at radius 1 is 0.604 bits per heavy atom. The van der Waals surface area contributed by atoms with Gasteiger partial charge in [0, 0.05) is 20.0 Å². The van der Waals surface area contributed by atoms with E-state index in [1.54, 1.807) is 0 Å². The summed E-state index contributed by atoms with van der Waals surface area (Å²) < 4.78 is 231. The van der Waals surface area contributed by atoms with E-state index in [4.69, 9.17) is 0 Å². The molecule has 6 nitrogen and oxygen atoms in total. The highest BCUT2D eigenvalue weighted by Crippen LogP contribution is 2.54. The third kappa shape index (κ3) is 14.4. The molecule has 0 spiro atoms. The van der Waals surface area contributed by atoms with Gasteiger partial charge in [-0.25, -0.2) is 8.78 Å². The fourth-order valence-corrected chi connectivity index (χ4v) is 3.74. The van der Waals surface area contributed by atoms with Crippen molar-refractivity contribution >= 4 is 17.8 Å². The summed E-state index contributed by atoms with van der Waals surface area (Å²) >= 11 is 0. The Balaban J connectivity index is -0.000000705. The molecular formula is C30H52F17NO5. The van der Waals surface area contributed by atoms with Gasteiger partial charge in [-0.2, -0.15) is 65.9 Å². The topological polar surface area (TPSA) is 72.9 Å². The molecule has 0 N–H and O–H groups in total. The minimum Gasteiger partial charge on any atom is -0.465 e. The molecule has 53 heavy (non-hydrogen) atoms. The van der Waals surface area contributed by atoms with Crippen molar-refractivity contribution < 1.29 is 98.5 Å². The van der Waals surface area contributed by atoms with Crippen molar-refractivity contribution in [3.8, 4) is 0 Å². The lowest BCUT2D eigenvalue weighted by Crippen LogP contribution is -2.65. The Bertz CT molecular complexity index is 1080. The standard InChI is InChI=1S/C24H28F17NO5.6CH4/c1-5-12(15(44)47-10-19(29,30)21(33,34)23(37,38)20(31,32)17(25)26)9-13(8-11(2)14(43)42(3)4)16(45)46-7-6-18(27,28)22(35,36)24(39,40)41;;;;;;/h11-13,17H,5-10H2,1-4H3;6*1H4. The number of hydrogen-bond acceptors (Lipinski definition) is 5. The second-order valence-electron chi connectivity index (χ2n) is 10.5. The summed E-state index contributed by atoms with van der Waals surface area (Å²) in [6.07, 6.45) is -17.0. The van der Waals surface area contributed by atoms with Crippen LogP contribution < -0.4 is 0 Å². The highest BCUT2D eigenvalue weighted by molar-refractivity contribution is 5.80. The van der Waals surface area contributed by atoms with Crippen molar-refractivity contribution in [2.75, 3.05) is 27.3 Å². The van der Waals surface area contributed by atoms with Crippen LogP contribution in [0.15, 0.2) is 0 Å². The molecule has 0 bridgehead atoms. The van der Waals surface area contributed by atoms with Crippen LogP contribution in [-0.4, -0.2) is 98.2 Å². The van der Waals surface area contributed by atoms with E-state index in [9.17, 15) is 89.0 Å². The summed E-state index contributed by atoms with van der Waals surface area (Å²) in [5, 5.41) is 0. The molecule has 0 rings (SSSR count). The molecule has 0 fully saturated rings. The zero-order valence-electron chi connectivity index (χ0n) is 24.5. The summed E-state index contributed by atoms with van der Waals surface area (Å²) in [5.74, 6) is -49.9. The molecular weight excluding hydrogens is 777 g/mol. The van der Waals surface area contributed by atoms with Crippen LogP contribution in [0.5, 0.6) is 0 Å². The van der Waals surface area contributed by atoms with Gasteiger partial charge in [-0.3, -0.25) is 14.4 Å². The summed E-state index contributed by atoms with van der Waals surface area (Å²) in [4.78, 5) is 38.1. The fraction of sp³-hybridized carbons (Fsp3) is 0.900. The lowest BCUT2D eigenvalue weighted by Gasteiger charge is -2.36. The van der Waals surface area contributed by atoms with Gasteiger partial charge in [0.05, 0.1) is 24.9 Å². The van der Waals surface area contributed by atoms with Crippen LogP contribution in [0.25, 0.3) is 0 Å². The number of rotatable bonds is 18. The number of carbonyl (C=O) groups excluding carboxylic acids is 3. The van der Waals surface area contributed by atoms with Gasteiger partial charge in [0.15, 0.2) is 6.61 Å². The van der Waals surface area contributed by atoms with Gasteiger partial charge in [-0.05, 0) is 19.3 Å². The summed E-state index contributed by atoms with van der Waals surface area (Å²) in [6, 6.07) is 0. The van der Waals surface area contributed by atoms with Crippen LogP contribution in [0.1, 0.15) is 84.1 Å². The minimum atomic E-state index is -7.39. The molecule has 0 aromatic rings. The lowest BCUT2D eigenvalue weighted by atomic mass is 9.86. The van der Waals surface area contributed by atoms with E-state index in [1.165, 1.54) is 14.1 Å². The van der Waals surface area contributed by atoms with Crippen LogP contribution >= 0.6 is 0 Å². The lowest BCUT2D eigenvalue weighted by molar-refractivity contribution is -0.386. The average Bonchev–Trinajstić information content (AvgIpc) is 2.91. The maximum Gasteiger partial charge on any atom is 0.459 e. The molecule has 0 aromatic carbocycles. The van der Waals surface area contributed by atoms with Gasteiger partial charge < -0.3 is 14.4 Å². The zero-order chi connectivity index (χ0) is 37.8. The van der Waals surface area contributed by atoms with Crippen molar-refractivity contribution in [2.24, 2.45) is 17.8 Å². The molecule has 0 saturated heterocycles. The summed E-state index contributed by atoms with van der Waals surface area (Å²) in [6.45, 7) is -2.73. The molecule has 326 valence electrons. The number of alkyl halides is 17. The number of hydrogen-bond donors (Lipinski definition) is 0. The van der Waals surface area contributed by atoms with Crippen LogP contribution in [0, 0.1) is 17.8 Å².